The Labute approximate surface area is 169 Å². The Morgan fingerprint density at radius 2 is 1.76 bits per heavy atom. The summed E-state index contributed by atoms with van der Waals surface area (Å²) in [5, 5.41) is 1.98. The molecule has 29 heavy (non-hydrogen) atoms. The molecule has 0 saturated carbocycles. The van der Waals surface area contributed by atoms with Crippen LogP contribution in [0.1, 0.15) is 41.5 Å². The van der Waals surface area contributed by atoms with Crippen molar-refractivity contribution in [3.63, 3.8) is 0 Å². The van der Waals surface area contributed by atoms with Crippen molar-refractivity contribution in [3.05, 3.63) is 45.0 Å². The molecule has 2 heterocycles. The van der Waals surface area contributed by atoms with Gasteiger partial charge in [-0.05, 0) is 44.2 Å². The van der Waals surface area contributed by atoms with Gasteiger partial charge in [0.2, 0.25) is 0 Å². The zero-order valence-electron chi connectivity index (χ0n) is 17.3. The van der Waals surface area contributed by atoms with E-state index in [4.69, 9.17) is 13.6 Å². The molecule has 0 aliphatic heterocycles. The van der Waals surface area contributed by atoms with Crippen molar-refractivity contribution >= 4 is 32.1 Å². The Balaban J connectivity index is 1.82. The van der Waals surface area contributed by atoms with Gasteiger partial charge in [0.25, 0.3) is 10.1 Å². The van der Waals surface area contributed by atoms with Gasteiger partial charge >= 0.3 is 5.63 Å². The van der Waals surface area contributed by atoms with Crippen molar-refractivity contribution in [1.82, 2.24) is 0 Å². The van der Waals surface area contributed by atoms with E-state index < -0.39 is 10.1 Å². The first-order valence-electron chi connectivity index (χ1n) is 9.47. The first-order valence-corrected chi connectivity index (χ1v) is 11.3. The highest BCUT2D eigenvalue weighted by Gasteiger charge is 2.21. The summed E-state index contributed by atoms with van der Waals surface area (Å²) >= 11 is 0. The lowest BCUT2D eigenvalue weighted by Crippen LogP contribution is -2.10. The molecule has 7 nitrogen and oxygen atoms in total. The van der Waals surface area contributed by atoms with Crippen LogP contribution in [-0.4, -0.2) is 34.5 Å². The van der Waals surface area contributed by atoms with Gasteiger partial charge < -0.3 is 13.6 Å². The topological polar surface area (TPSA) is 96.0 Å². The van der Waals surface area contributed by atoms with Crippen LogP contribution in [0.4, 0.5) is 0 Å². The van der Waals surface area contributed by atoms with Crippen LogP contribution in [0.2, 0.25) is 0 Å². The molecule has 0 amide bonds. The van der Waals surface area contributed by atoms with E-state index >= 15 is 0 Å². The van der Waals surface area contributed by atoms with Crippen LogP contribution in [0.3, 0.4) is 0 Å². The first-order chi connectivity index (χ1) is 13.6. The number of hydrogen-bond donors (Lipinski definition) is 0. The zero-order valence-corrected chi connectivity index (χ0v) is 18.1. The van der Waals surface area contributed by atoms with Crippen LogP contribution < -0.4 is 5.63 Å². The summed E-state index contributed by atoms with van der Waals surface area (Å²) in [7, 11) is -3.44. The van der Waals surface area contributed by atoms with Crippen molar-refractivity contribution in [1.29, 1.82) is 0 Å². The van der Waals surface area contributed by atoms with Gasteiger partial charge in [-0.15, -0.1) is 0 Å². The number of fused-ring (bicyclic) bond motifs is 2. The molecule has 0 aliphatic carbocycles. The van der Waals surface area contributed by atoms with Gasteiger partial charge in [-0.2, -0.15) is 8.42 Å². The normalized spacial score (nSPS) is 13.4. The maximum absolute atomic E-state index is 11.8. The average Bonchev–Trinajstić information content (AvgIpc) is 3.06. The van der Waals surface area contributed by atoms with E-state index in [9.17, 15) is 13.2 Å². The van der Waals surface area contributed by atoms with E-state index in [1.807, 2.05) is 20.8 Å². The van der Waals surface area contributed by atoms with E-state index in [1.54, 1.807) is 6.26 Å². The second-order valence-electron chi connectivity index (χ2n) is 7.43. The molecule has 1 unspecified atom stereocenters. The first kappa shape index (κ1) is 21.5. The summed E-state index contributed by atoms with van der Waals surface area (Å²) in [6, 6.07) is 1.51. The number of rotatable bonds is 8. The third-order valence-corrected chi connectivity index (χ3v) is 5.76. The molecule has 3 rings (SSSR count). The highest BCUT2D eigenvalue weighted by atomic mass is 32.2. The lowest BCUT2D eigenvalue weighted by molar-refractivity contribution is 0.0979. The fraction of sp³-hybridized carbons (Fsp3) is 0.476. The molecular weight excluding hydrogens is 396 g/mol. The Morgan fingerprint density at radius 1 is 1.03 bits per heavy atom. The van der Waals surface area contributed by atoms with Crippen LogP contribution >= 0.6 is 0 Å². The maximum Gasteiger partial charge on any atom is 0.336 e. The summed E-state index contributed by atoms with van der Waals surface area (Å²) in [6.07, 6.45) is 3.52. The van der Waals surface area contributed by atoms with Crippen molar-refractivity contribution in [2.45, 2.75) is 40.0 Å². The predicted octanol–water partition coefficient (Wildman–Crippen LogP) is 3.95. The van der Waals surface area contributed by atoms with Crippen LogP contribution in [0.25, 0.3) is 21.9 Å². The number of furan rings is 1. The van der Waals surface area contributed by atoms with Crippen LogP contribution in [0.15, 0.2) is 26.0 Å². The molecule has 2 aromatic heterocycles. The minimum atomic E-state index is -3.44. The SMILES string of the molecule is Cc1c2oc(=O)cc(C)c2c(C)c2c(C(C)CCOCCOS(C)(=O)=O)coc12. The number of ether oxygens (including phenoxy) is 1. The second kappa shape index (κ2) is 8.30. The number of aryl methyl sites for hydroxylation is 3. The summed E-state index contributed by atoms with van der Waals surface area (Å²) in [4.78, 5) is 11.8. The van der Waals surface area contributed by atoms with Crippen LogP contribution in [0.5, 0.6) is 0 Å². The molecule has 1 atom stereocenters. The van der Waals surface area contributed by atoms with Gasteiger partial charge in [0.05, 0.1) is 25.7 Å². The highest BCUT2D eigenvalue weighted by molar-refractivity contribution is 7.85. The summed E-state index contributed by atoms with van der Waals surface area (Å²) in [5.41, 5.74) is 4.73. The third kappa shape index (κ3) is 4.55. The van der Waals surface area contributed by atoms with Crippen molar-refractivity contribution in [3.8, 4) is 0 Å². The molecule has 0 aliphatic rings. The zero-order chi connectivity index (χ0) is 21.3. The Bertz CT molecular complexity index is 1200. The minimum Gasteiger partial charge on any atom is -0.464 e. The smallest absolute Gasteiger partial charge is 0.336 e. The van der Waals surface area contributed by atoms with Crippen LogP contribution in [-0.2, 0) is 19.0 Å². The quantitative estimate of drug-likeness (QED) is 0.308. The van der Waals surface area contributed by atoms with Crippen molar-refractivity contribution in [2.75, 3.05) is 26.1 Å². The molecule has 0 N–H and O–H groups in total. The third-order valence-electron chi connectivity index (χ3n) is 5.16. The monoisotopic (exact) mass is 422 g/mol. The van der Waals surface area contributed by atoms with Crippen LogP contribution in [0, 0.1) is 20.8 Å². The number of hydrogen-bond acceptors (Lipinski definition) is 7. The molecule has 0 bridgehead atoms. The fourth-order valence-electron chi connectivity index (χ4n) is 3.73. The fourth-order valence-corrected chi connectivity index (χ4v) is 4.10. The Morgan fingerprint density at radius 3 is 2.45 bits per heavy atom. The minimum absolute atomic E-state index is 0.0105. The van der Waals surface area contributed by atoms with E-state index in [1.165, 1.54) is 6.07 Å². The predicted molar refractivity (Wildman–Crippen MR) is 111 cm³/mol. The maximum atomic E-state index is 11.8. The van der Waals surface area contributed by atoms with E-state index in [0.29, 0.717) is 12.2 Å². The van der Waals surface area contributed by atoms with Crippen molar-refractivity contribution < 1.29 is 26.2 Å². The van der Waals surface area contributed by atoms with Gasteiger partial charge in [-0.1, -0.05) is 6.92 Å². The average molecular weight is 422 g/mol. The lowest BCUT2D eigenvalue weighted by atomic mass is 9.91. The summed E-state index contributed by atoms with van der Waals surface area (Å²) in [6.45, 7) is 8.62. The lowest BCUT2D eigenvalue weighted by Gasteiger charge is -2.13. The van der Waals surface area contributed by atoms with Gasteiger partial charge in [-0.25, -0.2) is 4.79 Å². The molecule has 0 saturated heterocycles. The summed E-state index contributed by atoms with van der Waals surface area (Å²) in [5.74, 6) is 0.165. The standard InChI is InChI=1S/C21H26O7S/c1-12(6-7-25-8-9-27-29(5,23)24)16-11-26-20-15(4)21-18(14(3)19(16)20)13(2)10-17(22)28-21/h10-12H,6-9H2,1-5H3. The van der Waals surface area contributed by atoms with E-state index in [0.717, 1.165) is 51.3 Å². The molecule has 3 aromatic rings. The molecule has 1 aromatic carbocycles. The molecule has 8 heteroatoms. The Hall–Kier alpha value is -2.16. The highest BCUT2D eigenvalue weighted by Crippen LogP contribution is 2.39. The van der Waals surface area contributed by atoms with E-state index in [2.05, 4.69) is 11.1 Å². The molecule has 158 valence electrons. The molecule has 0 spiro atoms. The van der Waals surface area contributed by atoms with Crippen molar-refractivity contribution in [2.24, 2.45) is 0 Å². The van der Waals surface area contributed by atoms with Gasteiger partial charge in [0, 0.05) is 34.6 Å². The number of benzene rings is 1. The molecule has 0 radical (unpaired) electrons. The van der Waals surface area contributed by atoms with E-state index in [-0.39, 0.29) is 24.8 Å². The summed E-state index contributed by atoms with van der Waals surface area (Å²) < 4.78 is 43.4. The van der Waals surface area contributed by atoms with Gasteiger partial charge in [-0.3, -0.25) is 4.18 Å². The largest absolute Gasteiger partial charge is 0.464 e. The molecule has 0 fully saturated rings. The Kier molecular flexibility index (Phi) is 6.16. The second-order valence-corrected chi connectivity index (χ2v) is 9.07. The van der Waals surface area contributed by atoms with Gasteiger partial charge in [0.1, 0.15) is 11.2 Å². The van der Waals surface area contributed by atoms with Gasteiger partial charge in [0.15, 0.2) is 0 Å². The molecular formula is C21H26O7S.